The zero-order valence-electron chi connectivity index (χ0n) is 9.93. The van der Waals surface area contributed by atoms with Gasteiger partial charge >= 0.3 is 0 Å². The molecule has 0 spiro atoms. The zero-order valence-corrected chi connectivity index (χ0v) is 10.7. The minimum atomic E-state index is 0. The average Bonchev–Trinajstić information content (AvgIpc) is 2.79. The van der Waals surface area contributed by atoms with E-state index >= 15 is 0 Å². The molecule has 1 fully saturated rings. The van der Waals surface area contributed by atoms with Gasteiger partial charge in [0.15, 0.2) is 0 Å². The number of hydrogen-bond acceptors (Lipinski definition) is 3. The zero-order chi connectivity index (χ0) is 11.4. The van der Waals surface area contributed by atoms with Crippen molar-refractivity contribution in [2.24, 2.45) is 0 Å². The van der Waals surface area contributed by atoms with Gasteiger partial charge in [-0.15, -0.1) is 12.4 Å². The Morgan fingerprint density at radius 3 is 3.12 bits per heavy atom. The molecule has 0 aliphatic carbocycles. The van der Waals surface area contributed by atoms with E-state index in [1.165, 1.54) is 0 Å². The van der Waals surface area contributed by atoms with Gasteiger partial charge in [0, 0.05) is 18.9 Å². The molecule has 1 aliphatic heterocycles. The van der Waals surface area contributed by atoms with Gasteiger partial charge in [-0.3, -0.25) is 9.78 Å². The molecule has 94 valence electrons. The summed E-state index contributed by atoms with van der Waals surface area (Å²) in [6.45, 7) is 1.27. The fraction of sp³-hybridized carbons (Fsp3) is 0.500. The van der Waals surface area contributed by atoms with Crippen molar-refractivity contribution < 1.29 is 4.79 Å². The first kappa shape index (κ1) is 13.9. The molecular formula is C12H18ClN3O. The van der Waals surface area contributed by atoms with Crippen molar-refractivity contribution in [1.29, 1.82) is 0 Å². The lowest BCUT2D eigenvalue weighted by molar-refractivity contribution is -0.131. The second-order valence-corrected chi connectivity index (χ2v) is 4.06. The van der Waals surface area contributed by atoms with Gasteiger partial charge in [0.05, 0.1) is 12.6 Å². The third kappa shape index (κ3) is 3.17. The second-order valence-electron chi connectivity index (χ2n) is 4.06. The topological polar surface area (TPSA) is 45.2 Å². The van der Waals surface area contributed by atoms with Crippen LogP contribution < -0.4 is 5.32 Å². The second kappa shape index (κ2) is 6.57. The van der Waals surface area contributed by atoms with Gasteiger partial charge in [-0.1, -0.05) is 6.07 Å². The largest absolute Gasteiger partial charge is 0.334 e. The monoisotopic (exact) mass is 255 g/mol. The molecule has 0 saturated carbocycles. The highest BCUT2D eigenvalue weighted by molar-refractivity contribution is 5.85. The normalized spacial score (nSPS) is 18.9. The van der Waals surface area contributed by atoms with Crippen LogP contribution in [0, 0.1) is 0 Å². The van der Waals surface area contributed by atoms with E-state index in [9.17, 15) is 4.79 Å². The molecule has 4 nitrogen and oxygen atoms in total. The summed E-state index contributed by atoms with van der Waals surface area (Å²) in [5.74, 6) is 0.175. The quantitative estimate of drug-likeness (QED) is 0.888. The minimum Gasteiger partial charge on any atom is -0.334 e. The Balaban J connectivity index is 0.00000144. The molecular weight excluding hydrogens is 238 g/mol. The average molecular weight is 256 g/mol. The van der Waals surface area contributed by atoms with E-state index < -0.39 is 0 Å². The molecule has 0 aromatic carbocycles. The number of nitrogens with zero attached hydrogens (tertiary/aromatic N) is 2. The number of likely N-dealkylation sites (tertiary alicyclic amines) is 1. The fourth-order valence-electron chi connectivity index (χ4n) is 2.24. The van der Waals surface area contributed by atoms with Crippen molar-refractivity contribution in [2.75, 3.05) is 20.1 Å². The predicted molar refractivity (Wildman–Crippen MR) is 69.1 cm³/mol. The minimum absolute atomic E-state index is 0. The molecule has 1 amide bonds. The van der Waals surface area contributed by atoms with E-state index in [0.29, 0.717) is 6.54 Å². The highest BCUT2D eigenvalue weighted by atomic mass is 35.5. The third-order valence-electron chi connectivity index (χ3n) is 2.97. The molecule has 2 rings (SSSR count). The molecule has 1 atom stereocenters. The van der Waals surface area contributed by atoms with E-state index in [2.05, 4.69) is 10.3 Å². The standard InChI is InChI=1S/C12H17N3O.ClH/c1-13-9-12(16)15-7-3-5-11(15)10-4-2-6-14-8-10;/h2,4,6,8,11,13H,3,5,7,9H2,1H3;1H. The molecule has 1 saturated heterocycles. The number of carbonyl (C=O) groups excluding carboxylic acids is 1. The number of carbonyl (C=O) groups is 1. The summed E-state index contributed by atoms with van der Waals surface area (Å²) < 4.78 is 0. The third-order valence-corrected chi connectivity index (χ3v) is 2.97. The van der Waals surface area contributed by atoms with E-state index in [0.717, 1.165) is 24.9 Å². The van der Waals surface area contributed by atoms with Crippen molar-refractivity contribution >= 4 is 18.3 Å². The van der Waals surface area contributed by atoms with E-state index in [-0.39, 0.29) is 24.4 Å². The predicted octanol–water partition coefficient (Wildman–Crippen LogP) is 1.39. The van der Waals surface area contributed by atoms with Crippen molar-refractivity contribution in [1.82, 2.24) is 15.2 Å². The first-order valence-electron chi connectivity index (χ1n) is 5.67. The lowest BCUT2D eigenvalue weighted by Gasteiger charge is -2.24. The lowest BCUT2D eigenvalue weighted by atomic mass is 10.1. The lowest BCUT2D eigenvalue weighted by Crippen LogP contribution is -2.36. The van der Waals surface area contributed by atoms with Gasteiger partial charge in [0.25, 0.3) is 0 Å². The Morgan fingerprint density at radius 2 is 2.47 bits per heavy atom. The van der Waals surface area contributed by atoms with E-state index in [1.54, 1.807) is 13.2 Å². The van der Waals surface area contributed by atoms with Crippen LogP contribution in [-0.4, -0.2) is 35.9 Å². The number of rotatable bonds is 3. The summed E-state index contributed by atoms with van der Waals surface area (Å²) in [4.78, 5) is 17.9. The molecule has 1 unspecified atom stereocenters. The van der Waals surface area contributed by atoms with Crippen LogP contribution in [0.15, 0.2) is 24.5 Å². The summed E-state index contributed by atoms with van der Waals surface area (Å²) in [5.41, 5.74) is 1.14. The SMILES string of the molecule is CNCC(=O)N1CCCC1c1cccnc1.Cl. The Kier molecular flexibility index (Phi) is 5.38. The number of hydrogen-bond donors (Lipinski definition) is 1. The molecule has 1 aliphatic rings. The summed E-state index contributed by atoms with van der Waals surface area (Å²) >= 11 is 0. The van der Waals surface area contributed by atoms with E-state index in [1.807, 2.05) is 23.2 Å². The summed E-state index contributed by atoms with van der Waals surface area (Å²) in [5, 5.41) is 2.91. The summed E-state index contributed by atoms with van der Waals surface area (Å²) in [6, 6.07) is 4.19. The van der Waals surface area contributed by atoms with Gasteiger partial charge in [-0.05, 0) is 31.5 Å². The molecule has 1 aromatic heterocycles. The van der Waals surface area contributed by atoms with Crippen molar-refractivity contribution in [3.63, 3.8) is 0 Å². The van der Waals surface area contributed by atoms with Crippen LogP contribution in [0.2, 0.25) is 0 Å². The van der Waals surface area contributed by atoms with Gasteiger partial charge in [-0.2, -0.15) is 0 Å². The Morgan fingerprint density at radius 1 is 1.65 bits per heavy atom. The number of halogens is 1. The van der Waals surface area contributed by atoms with Crippen LogP contribution >= 0.6 is 12.4 Å². The number of amides is 1. The number of likely N-dealkylation sites (N-methyl/N-ethyl adjacent to an activating group) is 1. The van der Waals surface area contributed by atoms with Gasteiger partial charge in [-0.25, -0.2) is 0 Å². The molecule has 1 aromatic rings. The maximum absolute atomic E-state index is 11.9. The number of aromatic nitrogens is 1. The van der Waals surface area contributed by atoms with Crippen molar-refractivity contribution in [3.05, 3.63) is 30.1 Å². The van der Waals surface area contributed by atoms with Crippen molar-refractivity contribution in [2.45, 2.75) is 18.9 Å². The highest BCUT2D eigenvalue weighted by Gasteiger charge is 2.29. The van der Waals surface area contributed by atoms with Crippen LogP contribution in [0.1, 0.15) is 24.4 Å². The van der Waals surface area contributed by atoms with E-state index in [4.69, 9.17) is 0 Å². The van der Waals surface area contributed by atoms with Crippen LogP contribution in [0.5, 0.6) is 0 Å². The summed E-state index contributed by atoms with van der Waals surface area (Å²) in [6.07, 6.45) is 5.74. The molecule has 5 heteroatoms. The maximum Gasteiger partial charge on any atom is 0.237 e. The van der Waals surface area contributed by atoms with Crippen LogP contribution in [0.3, 0.4) is 0 Å². The van der Waals surface area contributed by atoms with Crippen LogP contribution in [-0.2, 0) is 4.79 Å². The summed E-state index contributed by atoms with van der Waals surface area (Å²) in [7, 11) is 1.80. The first-order valence-corrected chi connectivity index (χ1v) is 5.67. The number of pyridine rings is 1. The Hall–Kier alpha value is -1.13. The highest BCUT2D eigenvalue weighted by Crippen LogP contribution is 2.31. The van der Waals surface area contributed by atoms with Crippen LogP contribution in [0.25, 0.3) is 0 Å². The molecule has 0 bridgehead atoms. The molecule has 0 radical (unpaired) electrons. The maximum atomic E-state index is 11.9. The van der Waals surface area contributed by atoms with Gasteiger partial charge in [0.2, 0.25) is 5.91 Å². The van der Waals surface area contributed by atoms with Crippen LogP contribution in [0.4, 0.5) is 0 Å². The fourth-order valence-corrected chi connectivity index (χ4v) is 2.24. The van der Waals surface area contributed by atoms with Gasteiger partial charge in [0.1, 0.15) is 0 Å². The van der Waals surface area contributed by atoms with Crippen molar-refractivity contribution in [3.8, 4) is 0 Å². The van der Waals surface area contributed by atoms with Gasteiger partial charge < -0.3 is 10.2 Å². The first-order chi connectivity index (χ1) is 7.83. The molecule has 17 heavy (non-hydrogen) atoms. The Bertz CT molecular complexity index is 358. The molecule has 1 N–H and O–H groups in total. The molecule has 2 heterocycles. The smallest absolute Gasteiger partial charge is 0.237 e. The Labute approximate surface area is 108 Å². The number of nitrogens with one attached hydrogen (secondary N) is 1.